The summed E-state index contributed by atoms with van der Waals surface area (Å²) in [6.07, 6.45) is 2.56. The number of hydrogen-bond acceptors (Lipinski definition) is 5. The molecule has 0 aliphatic heterocycles. The zero-order valence-corrected chi connectivity index (χ0v) is 11.0. The van der Waals surface area contributed by atoms with Crippen molar-refractivity contribution in [3.05, 3.63) is 0 Å². The molecule has 0 aromatic rings. The van der Waals surface area contributed by atoms with Crippen molar-refractivity contribution in [3.63, 3.8) is 0 Å². The fourth-order valence-electron chi connectivity index (χ4n) is 1.22. The number of esters is 1. The van der Waals surface area contributed by atoms with Gasteiger partial charge in [0, 0.05) is 19.6 Å². The van der Waals surface area contributed by atoms with E-state index < -0.39 is 16.0 Å². The van der Waals surface area contributed by atoms with Gasteiger partial charge in [0.2, 0.25) is 10.0 Å². The zero-order valence-electron chi connectivity index (χ0n) is 10.1. The van der Waals surface area contributed by atoms with Crippen LogP contribution in [0.2, 0.25) is 0 Å². The number of aliphatic hydroxyl groups excluding tert-OH is 1. The summed E-state index contributed by atoms with van der Waals surface area (Å²) in [4.78, 5) is 10.8. The molecular weight excluding hydrogens is 246 g/mol. The van der Waals surface area contributed by atoms with Gasteiger partial charge in [-0.25, -0.2) is 13.1 Å². The quantitative estimate of drug-likeness (QED) is 0.430. The van der Waals surface area contributed by atoms with Gasteiger partial charge in [0.1, 0.15) is 0 Å². The molecule has 17 heavy (non-hydrogen) atoms. The van der Waals surface area contributed by atoms with Crippen molar-refractivity contribution in [1.29, 1.82) is 0 Å². The molecular formula is C10H21NO5S. The summed E-state index contributed by atoms with van der Waals surface area (Å²) >= 11 is 0. The van der Waals surface area contributed by atoms with Crippen LogP contribution in [0.5, 0.6) is 0 Å². The molecule has 0 radical (unpaired) electrons. The maximum absolute atomic E-state index is 11.4. The molecule has 2 N–H and O–H groups in total. The van der Waals surface area contributed by atoms with Gasteiger partial charge < -0.3 is 9.84 Å². The molecule has 102 valence electrons. The number of ether oxygens (including phenoxy) is 1. The Labute approximate surface area is 102 Å². The minimum atomic E-state index is -3.29. The van der Waals surface area contributed by atoms with Crippen LogP contribution >= 0.6 is 0 Å². The molecule has 0 fully saturated rings. The Morgan fingerprint density at radius 2 is 1.94 bits per heavy atom. The van der Waals surface area contributed by atoms with Gasteiger partial charge in [0.05, 0.1) is 12.9 Å². The monoisotopic (exact) mass is 267 g/mol. The normalized spacial score (nSPS) is 11.4. The average Bonchev–Trinajstić information content (AvgIpc) is 2.28. The molecule has 0 rings (SSSR count). The Hall–Kier alpha value is -0.660. The van der Waals surface area contributed by atoms with Crippen LogP contribution in [0.15, 0.2) is 0 Å². The standard InChI is InChI=1S/C10H21NO5S/c1-16-10(13)6-5-9-17(14,15)11-7-3-2-4-8-12/h11-12H,2-9H2,1H3. The summed E-state index contributed by atoms with van der Waals surface area (Å²) in [5.41, 5.74) is 0. The van der Waals surface area contributed by atoms with Crippen LogP contribution in [0.25, 0.3) is 0 Å². The lowest BCUT2D eigenvalue weighted by Gasteiger charge is -2.05. The fraction of sp³-hybridized carbons (Fsp3) is 0.900. The van der Waals surface area contributed by atoms with Crippen molar-refractivity contribution in [2.75, 3.05) is 26.0 Å². The summed E-state index contributed by atoms with van der Waals surface area (Å²) in [6, 6.07) is 0. The van der Waals surface area contributed by atoms with Gasteiger partial charge in [-0.05, 0) is 25.7 Å². The molecule has 0 amide bonds. The van der Waals surface area contributed by atoms with Gasteiger partial charge >= 0.3 is 5.97 Å². The molecule has 0 saturated heterocycles. The highest BCUT2D eigenvalue weighted by molar-refractivity contribution is 7.89. The Bertz CT molecular complexity index is 302. The number of carbonyl (C=O) groups is 1. The molecule has 6 nitrogen and oxygen atoms in total. The Balaban J connectivity index is 3.62. The predicted octanol–water partition coefficient (Wildman–Crippen LogP) is 0.0216. The minimum Gasteiger partial charge on any atom is -0.469 e. The second-order valence-electron chi connectivity index (χ2n) is 3.68. The molecule has 0 aliphatic carbocycles. The molecule has 0 aliphatic rings. The van der Waals surface area contributed by atoms with Crippen molar-refractivity contribution < 1.29 is 23.1 Å². The van der Waals surface area contributed by atoms with Crippen LogP contribution in [-0.4, -0.2) is 45.5 Å². The highest BCUT2D eigenvalue weighted by atomic mass is 32.2. The fourth-order valence-corrected chi connectivity index (χ4v) is 2.35. The third kappa shape index (κ3) is 10.2. The molecule has 0 saturated carbocycles. The lowest BCUT2D eigenvalue weighted by Crippen LogP contribution is -2.27. The first-order chi connectivity index (χ1) is 8.02. The largest absolute Gasteiger partial charge is 0.469 e. The van der Waals surface area contributed by atoms with E-state index in [1.165, 1.54) is 7.11 Å². The van der Waals surface area contributed by atoms with E-state index in [4.69, 9.17) is 5.11 Å². The van der Waals surface area contributed by atoms with Gasteiger partial charge in [-0.2, -0.15) is 0 Å². The number of rotatable bonds is 10. The third-order valence-electron chi connectivity index (χ3n) is 2.18. The highest BCUT2D eigenvalue weighted by Crippen LogP contribution is 1.98. The first-order valence-electron chi connectivity index (χ1n) is 5.67. The van der Waals surface area contributed by atoms with Gasteiger partial charge in [-0.3, -0.25) is 4.79 Å². The van der Waals surface area contributed by atoms with Gasteiger partial charge in [-0.1, -0.05) is 0 Å². The van der Waals surface area contributed by atoms with E-state index in [1.807, 2.05) is 0 Å². The van der Waals surface area contributed by atoms with E-state index >= 15 is 0 Å². The van der Waals surface area contributed by atoms with Gasteiger partial charge in [0.15, 0.2) is 0 Å². The Kier molecular flexibility index (Phi) is 9.01. The maximum Gasteiger partial charge on any atom is 0.305 e. The molecule has 0 heterocycles. The summed E-state index contributed by atoms with van der Waals surface area (Å²) in [5.74, 6) is -0.467. The van der Waals surface area contributed by atoms with Gasteiger partial charge in [0.25, 0.3) is 0 Å². The van der Waals surface area contributed by atoms with Crippen LogP contribution in [0.4, 0.5) is 0 Å². The minimum absolute atomic E-state index is 0.0674. The molecule has 0 unspecified atom stereocenters. The lowest BCUT2D eigenvalue weighted by atomic mass is 10.2. The van der Waals surface area contributed by atoms with Crippen molar-refractivity contribution in [2.45, 2.75) is 32.1 Å². The number of methoxy groups -OCH3 is 1. The molecule has 0 spiro atoms. The number of unbranched alkanes of at least 4 members (excludes halogenated alkanes) is 2. The van der Waals surface area contributed by atoms with E-state index in [9.17, 15) is 13.2 Å². The second kappa shape index (κ2) is 9.38. The van der Waals surface area contributed by atoms with E-state index in [2.05, 4.69) is 9.46 Å². The van der Waals surface area contributed by atoms with Crippen molar-refractivity contribution in [2.24, 2.45) is 0 Å². The van der Waals surface area contributed by atoms with Crippen LogP contribution in [0.3, 0.4) is 0 Å². The highest BCUT2D eigenvalue weighted by Gasteiger charge is 2.10. The first kappa shape index (κ1) is 16.3. The molecule has 0 atom stereocenters. The first-order valence-corrected chi connectivity index (χ1v) is 7.32. The van der Waals surface area contributed by atoms with E-state index in [-0.39, 0.29) is 25.2 Å². The second-order valence-corrected chi connectivity index (χ2v) is 5.60. The summed E-state index contributed by atoms with van der Waals surface area (Å²) < 4.78 is 29.7. The topological polar surface area (TPSA) is 92.7 Å². The molecule has 0 aromatic carbocycles. The smallest absolute Gasteiger partial charge is 0.305 e. The summed E-state index contributed by atoms with van der Waals surface area (Å²) in [6.45, 7) is 0.506. The number of carbonyl (C=O) groups excluding carboxylic acids is 1. The molecule has 0 aromatic heterocycles. The van der Waals surface area contributed by atoms with Crippen molar-refractivity contribution >= 4 is 16.0 Å². The van der Waals surface area contributed by atoms with Crippen LogP contribution in [0, 0.1) is 0 Å². The van der Waals surface area contributed by atoms with E-state index in [0.29, 0.717) is 19.4 Å². The summed E-state index contributed by atoms with van der Waals surface area (Å²) in [5, 5.41) is 8.53. The number of hydrogen-bond donors (Lipinski definition) is 2. The molecule has 7 heteroatoms. The summed E-state index contributed by atoms with van der Waals surface area (Å²) in [7, 11) is -2.02. The zero-order chi connectivity index (χ0) is 13.1. The van der Waals surface area contributed by atoms with Crippen molar-refractivity contribution in [1.82, 2.24) is 4.72 Å². The Morgan fingerprint density at radius 3 is 2.53 bits per heavy atom. The predicted molar refractivity (Wildman–Crippen MR) is 64.0 cm³/mol. The Morgan fingerprint density at radius 1 is 1.24 bits per heavy atom. The van der Waals surface area contributed by atoms with E-state index in [1.54, 1.807) is 0 Å². The van der Waals surface area contributed by atoms with Crippen molar-refractivity contribution in [3.8, 4) is 0 Å². The maximum atomic E-state index is 11.4. The lowest BCUT2D eigenvalue weighted by molar-refractivity contribution is -0.140. The molecule has 0 bridgehead atoms. The number of aliphatic hydroxyl groups is 1. The SMILES string of the molecule is COC(=O)CCCS(=O)(=O)NCCCCCO. The van der Waals surface area contributed by atoms with Gasteiger partial charge in [-0.15, -0.1) is 0 Å². The number of nitrogens with one attached hydrogen (secondary N) is 1. The van der Waals surface area contributed by atoms with Crippen LogP contribution in [-0.2, 0) is 19.6 Å². The number of sulfonamides is 1. The van der Waals surface area contributed by atoms with E-state index in [0.717, 1.165) is 6.42 Å². The van der Waals surface area contributed by atoms with Crippen LogP contribution in [0.1, 0.15) is 32.1 Å². The third-order valence-corrected chi connectivity index (χ3v) is 3.65. The average molecular weight is 267 g/mol. The van der Waals surface area contributed by atoms with Crippen LogP contribution < -0.4 is 4.72 Å².